The highest BCUT2D eigenvalue weighted by Gasteiger charge is 2.24. The van der Waals surface area contributed by atoms with Crippen molar-refractivity contribution in [1.82, 2.24) is 0 Å². The van der Waals surface area contributed by atoms with Gasteiger partial charge in [0.15, 0.2) is 0 Å². The first-order chi connectivity index (χ1) is 13.5. The lowest BCUT2D eigenvalue weighted by molar-refractivity contribution is -0.120. The van der Waals surface area contributed by atoms with Crippen molar-refractivity contribution in [3.05, 3.63) is 72.8 Å². The number of ether oxygens (including phenoxy) is 1. The fourth-order valence-corrected chi connectivity index (χ4v) is 2.59. The smallest absolute Gasteiger partial charge is 0.258 e. The first-order valence-electron chi connectivity index (χ1n) is 8.39. The summed E-state index contributed by atoms with van der Waals surface area (Å²) in [5.74, 6) is -0.221. The summed E-state index contributed by atoms with van der Waals surface area (Å²) in [5.41, 5.74) is 0.867. The second-order valence-corrected chi connectivity index (χ2v) is 5.75. The van der Waals surface area contributed by atoms with Crippen molar-refractivity contribution in [3.8, 4) is 11.5 Å². The van der Waals surface area contributed by atoms with E-state index in [-0.39, 0.29) is 11.8 Å². The number of carbonyl (C=O) groups excluding carboxylic acids is 4. The molecule has 0 aromatic heterocycles. The third kappa shape index (κ3) is 3.88. The molecule has 4 amide bonds. The van der Waals surface area contributed by atoms with Crippen LogP contribution in [0.25, 0.3) is 0 Å². The standard InChI is InChI=1S/C21H16N2O5/c1-2-3-19(25)22(14-24)15-4-8-17(9-5-15)28-18-10-6-16(7-11-18)23-20(26)12-13-21(23)27/h2-14H,1H3/b3-2-. The lowest BCUT2D eigenvalue weighted by Crippen LogP contribution is -2.29. The Morgan fingerprint density at radius 3 is 1.96 bits per heavy atom. The molecule has 1 aliphatic rings. The summed E-state index contributed by atoms with van der Waals surface area (Å²) in [7, 11) is 0. The van der Waals surface area contributed by atoms with E-state index in [0.717, 1.165) is 9.80 Å². The minimum absolute atomic E-state index is 0.388. The van der Waals surface area contributed by atoms with E-state index in [1.165, 1.54) is 18.2 Å². The van der Waals surface area contributed by atoms with E-state index in [1.54, 1.807) is 61.5 Å². The van der Waals surface area contributed by atoms with Gasteiger partial charge in [-0.1, -0.05) is 6.08 Å². The van der Waals surface area contributed by atoms with E-state index in [2.05, 4.69) is 0 Å². The van der Waals surface area contributed by atoms with Crippen LogP contribution in [-0.4, -0.2) is 24.1 Å². The Hall–Kier alpha value is -4.00. The predicted molar refractivity (Wildman–Crippen MR) is 103 cm³/mol. The van der Waals surface area contributed by atoms with E-state index in [4.69, 9.17) is 4.74 Å². The van der Waals surface area contributed by atoms with Gasteiger partial charge in [-0.3, -0.25) is 19.2 Å². The van der Waals surface area contributed by atoms with Gasteiger partial charge in [0.1, 0.15) is 11.5 Å². The number of benzene rings is 2. The molecule has 2 aromatic rings. The summed E-state index contributed by atoms with van der Waals surface area (Å²) < 4.78 is 5.72. The molecular formula is C21H16N2O5. The Balaban J connectivity index is 1.70. The highest BCUT2D eigenvalue weighted by atomic mass is 16.5. The van der Waals surface area contributed by atoms with Crippen LogP contribution in [0.2, 0.25) is 0 Å². The monoisotopic (exact) mass is 376 g/mol. The van der Waals surface area contributed by atoms with Gasteiger partial charge in [-0.2, -0.15) is 0 Å². The van der Waals surface area contributed by atoms with Crippen LogP contribution in [0.3, 0.4) is 0 Å². The highest BCUT2D eigenvalue weighted by Crippen LogP contribution is 2.27. The van der Waals surface area contributed by atoms with Crippen molar-refractivity contribution in [3.63, 3.8) is 0 Å². The van der Waals surface area contributed by atoms with Crippen molar-refractivity contribution in [1.29, 1.82) is 0 Å². The van der Waals surface area contributed by atoms with E-state index in [0.29, 0.717) is 29.3 Å². The van der Waals surface area contributed by atoms with Crippen LogP contribution in [0.4, 0.5) is 11.4 Å². The van der Waals surface area contributed by atoms with E-state index < -0.39 is 5.91 Å². The van der Waals surface area contributed by atoms with Gasteiger partial charge >= 0.3 is 0 Å². The Morgan fingerprint density at radius 2 is 1.46 bits per heavy atom. The summed E-state index contributed by atoms with van der Waals surface area (Å²) in [4.78, 5) is 48.5. The second-order valence-electron chi connectivity index (χ2n) is 5.75. The molecule has 7 heteroatoms. The number of allylic oxidation sites excluding steroid dienone is 1. The summed E-state index contributed by atoms with van der Waals surface area (Å²) in [6, 6.07) is 12.9. The zero-order valence-corrected chi connectivity index (χ0v) is 14.9. The molecule has 0 N–H and O–H groups in total. The zero-order valence-electron chi connectivity index (χ0n) is 14.9. The molecular weight excluding hydrogens is 360 g/mol. The lowest BCUT2D eigenvalue weighted by Gasteiger charge is -2.15. The number of carbonyl (C=O) groups is 4. The lowest BCUT2D eigenvalue weighted by atomic mass is 10.2. The highest BCUT2D eigenvalue weighted by molar-refractivity contribution is 6.28. The van der Waals surface area contributed by atoms with Gasteiger partial charge in [0.2, 0.25) is 6.41 Å². The molecule has 28 heavy (non-hydrogen) atoms. The van der Waals surface area contributed by atoms with Crippen LogP contribution in [0, 0.1) is 0 Å². The first kappa shape index (κ1) is 18.8. The fourth-order valence-electron chi connectivity index (χ4n) is 2.59. The number of imide groups is 2. The maximum Gasteiger partial charge on any atom is 0.258 e. The Bertz CT molecular complexity index is 957. The molecule has 7 nitrogen and oxygen atoms in total. The first-order valence-corrected chi connectivity index (χ1v) is 8.39. The number of amides is 4. The van der Waals surface area contributed by atoms with Crippen LogP contribution in [0.5, 0.6) is 11.5 Å². The predicted octanol–water partition coefficient (Wildman–Crippen LogP) is 2.97. The molecule has 1 aliphatic heterocycles. The van der Waals surface area contributed by atoms with E-state index in [9.17, 15) is 19.2 Å². The molecule has 0 saturated heterocycles. The third-order valence-electron chi connectivity index (χ3n) is 3.91. The van der Waals surface area contributed by atoms with Crippen LogP contribution >= 0.6 is 0 Å². The van der Waals surface area contributed by atoms with Crippen LogP contribution < -0.4 is 14.5 Å². The average Bonchev–Trinajstić information content (AvgIpc) is 3.03. The molecule has 0 aliphatic carbocycles. The number of hydrogen-bond donors (Lipinski definition) is 0. The summed E-state index contributed by atoms with van der Waals surface area (Å²) in [6.07, 6.45) is 5.74. The molecule has 0 radical (unpaired) electrons. The quantitative estimate of drug-likeness (QED) is 0.440. The Morgan fingerprint density at radius 1 is 0.929 bits per heavy atom. The minimum Gasteiger partial charge on any atom is -0.457 e. The zero-order chi connectivity index (χ0) is 20.1. The summed E-state index contributed by atoms with van der Waals surface area (Å²) >= 11 is 0. The molecule has 3 rings (SSSR count). The summed E-state index contributed by atoms with van der Waals surface area (Å²) in [6.45, 7) is 1.69. The van der Waals surface area contributed by atoms with Gasteiger partial charge in [0, 0.05) is 12.2 Å². The van der Waals surface area contributed by atoms with E-state index in [1.807, 2.05) is 0 Å². The van der Waals surface area contributed by atoms with Crippen LogP contribution in [0.1, 0.15) is 6.92 Å². The largest absolute Gasteiger partial charge is 0.457 e. The molecule has 140 valence electrons. The van der Waals surface area contributed by atoms with Gasteiger partial charge in [-0.25, -0.2) is 9.80 Å². The molecule has 0 bridgehead atoms. The second kappa shape index (κ2) is 8.13. The molecule has 0 unspecified atom stereocenters. The number of hydrogen-bond acceptors (Lipinski definition) is 5. The number of anilines is 2. The van der Waals surface area contributed by atoms with Crippen molar-refractivity contribution in [2.75, 3.05) is 9.80 Å². The van der Waals surface area contributed by atoms with Gasteiger partial charge in [-0.05, 0) is 61.5 Å². The SMILES string of the molecule is C/C=C\C(=O)N(C=O)c1ccc(Oc2ccc(N3C(=O)C=CC3=O)cc2)cc1. The Kier molecular flexibility index (Phi) is 5.45. The van der Waals surface area contributed by atoms with Gasteiger partial charge in [-0.15, -0.1) is 0 Å². The van der Waals surface area contributed by atoms with Crippen molar-refractivity contribution in [2.24, 2.45) is 0 Å². The normalized spacial score (nSPS) is 13.2. The van der Waals surface area contributed by atoms with Crippen LogP contribution in [-0.2, 0) is 19.2 Å². The minimum atomic E-state index is -0.442. The Labute approximate surface area is 161 Å². The van der Waals surface area contributed by atoms with E-state index >= 15 is 0 Å². The molecule has 0 atom stereocenters. The van der Waals surface area contributed by atoms with Gasteiger partial charge in [0.25, 0.3) is 17.7 Å². The maximum atomic E-state index is 11.9. The molecule has 0 saturated carbocycles. The number of nitrogens with zero attached hydrogens (tertiary/aromatic N) is 2. The number of rotatable bonds is 6. The fraction of sp³-hybridized carbons (Fsp3) is 0.0476. The molecule has 2 aromatic carbocycles. The van der Waals surface area contributed by atoms with Crippen molar-refractivity contribution >= 4 is 35.5 Å². The average molecular weight is 376 g/mol. The molecule has 1 heterocycles. The topological polar surface area (TPSA) is 84.0 Å². The van der Waals surface area contributed by atoms with Crippen molar-refractivity contribution in [2.45, 2.75) is 6.92 Å². The van der Waals surface area contributed by atoms with Crippen LogP contribution in [0.15, 0.2) is 72.8 Å². The van der Waals surface area contributed by atoms with Gasteiger partial charge in [0.05, 0.1) is 11.4 Å². The van der Waals surface area contributed by atoms with Gasteiger partial charge < -0.3 is 4.74 Å². The summed E-state index contributed by atoms with van der Waals surface area (Å²) in [5, 5.41) is 0. The molecule has 0 fully saturated rings. The third-order valence-corrected chi connectivity index (χ3v) is 3.91. The van der Waals surface area contributed by atoms with Crippen molar-refractivity contribution < 1.29 is 23.9 Å². The molecule has 0 spiro atoms. The maximum absolute atomic E-state index is 11.9.